The summed E-state index contributed by atoms with van der Waals surface area (Å²) in [7, 11) is 2.25. The maximum absolute atomic E-state index is 3.45. The zero-order valence-electron chi connectivity index (χ0n) is 11.3. The zero-order chi connectivity index (χ0) is 11.8. The largest absolute Gasteiger partial charge is 0.315 e. The highest BCUT2D eigenvalue weighted by Gasteiger charge is 2.10. The van der Waals surface area contributed by atoms with E-state index in [4.69, 9.17) is 0 Å². The summed E-state index contributed by atoms with van der Waals surface area (Å²) < 4.78 is 0. The van der Waals surface area contributed by atoms with Crippen LogP contribution in [0.1, 0.15) is 26.7 Å². The van der Waals surface area contributed by atoms with Crippen LogP contribution in [0, 0.1) is 5.92 Å². The van der Waals surface area contributed by atoms with Crippen LogP contribution >= 0.6 is 0 Å². The van der Waals surface area contributed by atoms with Crippen LogP contribution in [-0.2, 0) is 0 Å². The van der Waals surface area contributed by atoms with E-state index in [0.717, 1.165) is 12.5 Å². The number of rotatable bonds is 6. The van der Waals surface area contributed by atoms with Crippen molar-refractivity contribution in [3.05, 3.63) is 0 Å². The number of nitrogens with one attached hydrogen (secondary N) is 1. The van der Waals surface area contributed by atoms with Crippen LogP contribution in [0.2, 0.25) is 0 Å². The van der Waals surface area contributed by atoms with Gasteiger partial charge in [-0.05, 0) is 32.5 Å². The number of nitrogens with zero attached hydrogens (tertiary/aromatic N) is 2. The molecule has 1 unspecified atom stereocenters. The fourth-order valence-electron chi connectivity index (χ4n) is 2.19. The molecule has 1 heterocycles. The summed E-state index contributed by atoms with van der Waals surface area (Å²) in [4.78, 5) is 5.07. The summed E-state index contributed by atoms with van der Waals surface area (Å²) in [5.74, 6) is 0.829. The average Bonchev–Trinajstić information content (AvgIpc) is 2.54. The van der Waals surface area contributed by atoms with Gasteiger partial charge in [-0.15, -0.1) is 0 Å². The van der Waals surface area contributed by atoms with Gasteiger partial charge in [0.05, 0.1) is 0 Å². The van der Waals surface area contributed by atoms with E-state index in [1.54, 1.807) is 0 Å². The first-order chi connectivity index (χ1) is 7.72. The van der Waals surface area contributed by atoms with Crippen molar-refractivity contribution in [1.82, 2.24) is 15.1 Å². The van der Waals surface area contributed by atoms with Crippen LogP contribution < -0.4 is 5.32 Å². The Morgan fingerprint density at radius 1 is 1.31 bits per heavy atom. The van der Waals surface area contributed by atoms with Gasteiger partial charge >= 0.3 is 0 Å². The lowest BCUT2D eigenvalue weighted by Crippen LogP contribution is -2.36. The quantitative estimate of drug-likeness (QED) is 0.737. The van der Waals surface area contributed by atoms with E-state index in [0.29, 0.717) is 0 Å². The summed E-state index contributed by atoms with van der Waals surface area (Å²) in [6.45, 7) is 13.1. The molecule has 1 saturated heterocycles. The van der Waals surface area contributed by atoms with Gasteiger partial charge in [-0.3, -0.25) is 0 Å². The normalized spacial score (nSPS) is 21.0. The summed E-state index contributed by atoms with van der Waals surface area (Å²) >= 11 is 0. The minimum absolute atomic E-state index is 0.829. The Kier molecular flexibility index (Phi) is 7.01. The molecule has 1 aliphatic rings. The summed E-state index contributed by atoms with van der Waals surface area (Å²) in [6.07, 6.45) is 2.59. The Balaban J connectivity index is 2.12. The molecule has 0 amide bonds. The number of hydrogen-bond acceptors (Lipinski definition) is 3. The van der Waals surface area contributed by atoms with Crippen molar-refractivity contribution in [3.8, 4) is 0 Å². The molecule has 0 aromatic carbocycles. The second kappa shape index (κ2) is 8.04. The molecular weight excluding hydrogens is 198 g/mol. The van der Waals surface area contributed by atoms with E-state index < -0.39 is 0 Å². The minimum Gasteiger partial charge on any atom is -0.315 e. The van der Waals surface area contributed by atoms with Crippen LogP contribution in [-0.4, -0.2) is 62.7 Å². The van der Waals surface area contributed by atoms with Crippen LogP contribution in [0.15, 0.2) is 0 Å². The Hall–Kier alpha value is -0.120. The highest BCUT2D eigenvalue weighted by Crippen LogP contribution is 2.03. The third-order valence-electron chi connectivity index (χ3n) is 3.55. The second-order valence-corrected chi connectivity index (χ2v) is 5.22. The van der Waals surface area contributed by atoms with Gasteiger partial charge in [0, 0.05) is 32.7 Å². The average molecular weight is 227 g/mol. The zero-order valence-corrected chi connectivity index (χ0v) is 11.3. The molecule has 3 nitrogen and oxygen atoms in total. The van der Waals surface area contributed by atoms with Crippen molar-refractivity contribution >= 4 is 0 Å². The van der Waals surface area contributed by atoms with Gasteiger partial charge in [-0.1, -0.05) is 20.3 Å². The summed E-state index contributed by atoms with van der Waals surface area (Å²) in [5.41, 5.74) is 0. The smallest absolute Gasteiger partial charge is 0.0110 e. The molecule has 0 bridgehead atoms. The van der Waals surface area contributed by atoms with Crippen LogP contribution in [0.3, 0.4) is 0 Å². The van der Waals surface area contributed by atoms with E-state index in [1.807, 2.05) is 0 Å². The first kappa shape index (κ1) is 13.9. The summed E-state index contributed by atoms with van der Waals surface area (Å²) in [5, 5.41) is 3.45. The molecule has 0 radical (unpaired) electrons. The molecule has 0 saturated carbocycles. The van der Waals surface area contributed by atoms with Gasteiger partial charge < -0.3 is 15.1 Å². The lowest BCUT2D eigenvalue weighted by Gasteiger charge is -2.25. The molecule has 1 atom stereocenters. The number of hydrogen-bond donors (Lipinski definition) is 1. The van der Waals surface area contributed by atoms with E-state index in [2.05, 4.69) is 36.0 Å². The van der Waals surface area contributed by atoms with Gasteiger partial charge in [-0.25, -0.2) is 0 Å². The monoisotopic (exact) mass is 227 g/mol. The van der Waals surface area contributed by atoms with Gasteiger partial charge in [0.15, 0.2) is 0 Å². The minimum atomic E-state index is 0.829. The summed E-state index contributed by atoms with van der Waals surface area (Å²) in [6, 6.07) is 0. The fourth-order valence-corrected chi connectivity index (χ4v) is 2.19. The molecule has 96 valence electrons. The molecule has 1 N–H and O–H groups in total. The molecule has 1 aliphatic heterocycles. The van der Waals surface area contributed by atoms with Crippen molar-refractivity contribution in [3.63, 3.8) is 0 Å². The molecular formula is C13H29N3. The van der Waals surface area contributed by atoms with Gasteiger partial charge in [0.25, 0.3) is 0 Å². The molecule has 16 heavy (non-hydrogen) atoms. The predicted octanol–water partition coefficient (Wildman–Crippen LogP) is 1.26. The lowest BCUT2D eigenvalue weighted by molar-refractivity contribution is 0.217. The highest BCUT2D eigenvalue weighted by molar-refractivity contribution is 4.67. The van der Waals surface area contributed by atoms with Crippen molar-refractivity contribution < 1.29 is 0 Å². The third-order valence-corrected chi connectivity index (χ3v) is 3.55. The van der Waals surface area contributed by atoms with Gasteiger partial charge in [0.2, 0.25) is 0 Å². The van der Waals surface area contributed by atoms with Crippen molar-refractivity contribution in [2.75, 3.05) is 52.9 Å². The SMILES string of the molecule is CCC(C)CN(C)CCN1CCCNCC1. The first-order valence-corrected chi connectivity index (χ1v) is 6.84. The van der Waals surface area contributed by atoms with E-state index >= 15 is 0 Å². The molecule has 1 rings (SSSR count). The number of likely N-dealkylation sites (N-methyl/N-ethyl adjacent to an activating group) is 1. The molecule has 0 aliphatic carbocycles. The predicted molar refractivity (Wildman–Crippen MR) is 70.9 cm³/mol. The Bertz CT molecular complexity index is 165. The van der Waals surface area contributed by atoms with E-state index in [9.17, 15) is 0 Å². The molecule has 0 aromatic heterocycles. The van der Waals surface area contributed by atoms with E-state index in [1.165, 1.54) is 52.1 Å². The third kappa shape index (κ3) is 5.83. The second-order valence-electron chi connectivity index (χ2n) is 5.22. The van der Waals surface area contributed by atoms with Crippen molar-refractivity contribution in [2.45, 2.75) is 26.7 Å². The molecule has 0 spiro atoms. The van der Waals surface area contributed by atoms with Crippen molar-refractivity contribution in [2.24, 2.45) is 5.92 Å². The first-order valence-electron chi connectivity index (χ1n) is 6.84. The highest BCUT2D eigenvalue weighted by atomic mass is 15.2. The van der Waals surface area contributed by atoms with E-state index in [-0.39, 0.29) is 0 Å². The topological polar surface area (TPSA) is 18.5 Å². The Morgan fingerprint density at radius 2 is 2.12 bits per heavy atom. The fraction of sp³-hybridized carbons (Fsp3) is 1.00. The molecule has 1 fully saturated rings. The lowest BCUT2D eigenvalue weighted by atomic mass is 10.1. The standard InChI is InChI=1S/C13H29N3/c1-4-13(2)12-15(3)10-11-16-8-5-6-14-7-9-16/h13-14H,4-12H2,1-3H3. The van der Waals surface area contributed by atoms with Crippen LogP contribution in [0.25, 0.3) is 0 Å². The maximum atomic E-state index is 3.45. The molecule has 3 heteroatoms. The van der Waals surface area contributed by atoms with Gasteiger partial charge in [0.1, 0.15) is 0 Å². The van der Waals surface area contributed by atoms with Crippen molar-refractivity contribution in [1.29, 1.82) is 0 Å². The van der Waals surface area contributed by atoms with Crippen LogP contribution in [0.4, 0.5) is 0 Å². The Morgan fingerprint density at radius 3 is 2.88 bits per heavy atom. The Labute approximate surface area is 101 Å². The van der Waals surface area contributed by atoms with Gasteiger partial charge in [-0.2, -0.15) is 0 Å². The van der Waals surface area contributed by atoms with Crippen LogP contribution in [0.5, 0.6) is 0 Å². The molecule has 0 aromatic rings. The maximum Gasteiger partial charge on any atom is 0.0110 e.